The van der Waals surface area contributed by atoms with Crippen LogP contribution in [0.3, 0.4) is 0 Å². The molecule has 0 spiro atoms. The summed E-state index contributed by atoms with van der Waals surface area (Å²) in [4.78, 5) is 31.1. The lowest BCUT2D eigenvalue weighted by molar-refractivity contribution is -0.125. The van der Waals surface area contributed by atoms with Gasteiger partial charge in [-0.3, -0.25) is 19.6 Å². The Labute approximate surface area is 262 Å². The zero-order chi connectivity index (χ0) is 31.2. The van der Waals surface area contributed by atoms with Gasteiger partial charge in [0.2, 0.25) is 5.91 Å². The molecule has 1 fully saturated rings. The smallest absolute Gasteiger partial charge is 0.275 e. The summed E-state index contributed by atoms with van der Waals surface area (Å²) in [5, 5.41) is 11.3. The van der Waals surface area contributed by atoms with Crippen molar-refractivity contribution in [3.05, 3.63) is 83.6 Å². The van der Waals surface area contributed by atoms with E-state index in [9.17, 15) is 9.59 Å². The Morgan fingerprint density at radius 1 is 1.04 bits per heavy atom. The van der Waals surface area contributed by atoms with Gasteiger partial charge < -0.3 is 29.2 Å². The lowest BCUT2D eigenvalue weighted by atomic mass is 10.0. The third-order valence-corrected chi connectivity index (χ3v) is 8.27. The molecule has 4 aromatic rings. The molecule has 2 aliphatic heterocycles. The third-order valence-electron chi connectivity index (χ3n) is 8.27. The highest BCUT2D eigenvalue weighted by Gasteiger charge is 2.35. The number of fused-ring (bicyclic) bond motifs is 6. The first-order valence-corrected chi connectivity index (χ1v) is 15.3. The van der Waals surface area contributed by atoms with Crippen LogP contribution in [0.2, 0.25) is 0 Å². The average molecular weight is 614 g/mol. The Balaban J connectivity index is 1.27. The molecule has 2 atom stereocenters. The standard InChI is InChI=1S/C34H39N5O6/c1-42-16-6-14-38-19-23-11-12-30(43-2)31(18-23)45-25-8-5-7-24(17-25)22-44-29-13-15-39(20-28(29)35-32(40)21-38)34(41)33-26-9-3-4-10-27(26)36-37-33/h3-5,7-12,17-18,28-29H,6,13-16,19-22H2,1-2H3,(H,35,40)(H,36,37)/t28-,29+/m0/s1. The molecule has 1 aromatic heterocycles. The van der Waals surface area contributed by atoms with Gasteiger partial charge in [0.15, 0.2) is 17.2 Å². The maximum Gasteiger partial charge on any atom is 0.275 e. The molecule has 11 heteroatoms. The van der Waals surface area contributed by atoms with Gasteiger partial charge in [0.25, 0.3) is 5.91 Å². The van der Waals surface area contributed by atoms with Gasteiger partial charge >= 0.3 is 0 Å². The monoisotopic (exact) mass is 613 g/mol. The van der Waals surface area contributed by atoms with Crippen molar-refractivity contribution in [1.29, 1.82) is 0 Å². The SMILES string of the molecule is COCCCN1CC(=O)N[C@H]2CN(C(=O)c3n[nH]c4ccccc34)CC[C@H]2OCc2cccc(c2)Oc2cc(ccc2OC)C1. The molecule has 45 heavy (non-hydrogen) atoms. The summed E-state index contributed by atoms with van der Waals surface area (Å²) in [6.45, 7) is 3.07. The fourth-order valence-corrected chi connectivity index (χ4v) is 6.02. The maximum atomic E-state index is 13.7. The summed E-state index contributed by atoms with van der Waals surface area (Å²) in [5.41, 5.74) is 3.11. The number of hydrogen-bond donors (Lipinski definition) is 2. The van der Waals surface area contributed by atoms with Crippen LogP contribution in [0.15, 0.2) is 66.7 Å². The van der Waals surface area contributed by atoms with Gasteiger partial charge in [0.05, 0.1) is 37.9 Å². The number of para-hydroxylation sites is 1. The predicted octanol–water partition coefficient (Wildman–Crippen LogP) is 4.13. The summed E-state index contributed by atoms with van der Waals surface area (Å²) >= 11 is 0. The van der Waals surface area contributed by atoms with Crippen molar-refractivity contribution in [1.82, 2.24) is 25.3 Å². The molecular weight excluding hydrogens is 574 g/mol. The van der Waals surface area contributed by atoms with Crippen LogP contribution in [-0.4, -0.2) is 91.0 Å². The summed E-state index contributed by atoms with van der Waals surface area (Å²) in [7, 11) is 3.29. The molecule has 236 valence electrons. The maximum absolute atomic E-state index is 13.7. The number of aromatic nitrogens is 2. The van der Waals surface area contributed by atoms with Crippen LogP contribution in [0.4, 0.5) is 0 Å². The van der Waals surface area contributed by atoms with E-state index in [0.29, 0.717) is 68.8 Å². The van der Waals surface area contributed by atoms with Crippen LogP contribution < -0.4 is 14.8 Å². The van der Waals surface area contributed by atoms with E-state index in [1.165, 1.54) is 0 Å². The summed E-state index contributed by atoms with van der Waals surface area (Å²) in [6, 6.07) is 20.8. The van der Waals surface area contributed by atoms with E-state index in [4.69, 9.17) is 18.9 Å². The molecule has 0 unspecified atom stereocenters. The Kier molecular flexibility index (Phi) is 9.58. The first-order valence-electron chi connectivity index (χ1n) is 15.3. The van der Waals surface area contributed by atoms with Crippen LogP contribution in [-0.2, 0) is 27.4 Å². The van der Waals surface area contributed by atoms with E-state index in [1.54, 1.807) is 19.1 Å². The zero-order valence-electron chi connectivity index (χ0n) is 25.7. The van der Waals surface area contributed by atoms with E-state index >= 15 is 0 Å². The Bertz CT molecular complexity index is 1640. The number of benzene rings is 3. The molecule has 4 bridgehead atoms. The van der Waals surface area contributed by atoms with E-state index in [2.05, 4.69) is 20.4 Å². The number of nitrogens with zero attached hydrogens (tertiary/aromatic N) is 3. The largest absolute Gasteiger partial charge is 0.493 e. The first-order chi connectivity index (χ1) is 22.0. The Hall–Kier alpha value is -4.45. The number of piperidine rings is 1. The number of nitrogens with one attached hydrogen (secondary N) is 2. The minimum absolute atomic E-state index is 0.135. The molecule has 2 aliphatic rings. The quantitative estimate of drug-likeness (QED) is 0.312. The fraction of sp³-hybridized carbons (Fsp3) is 0.382. The number of methoxy groups -OCH3 is 2. The lowest BCUT2D eigenvalue weighted by Gasteiger charge is -2.39. The van der Waals surface area contributed by atoms with Crippen LogP contribution in [0, 0.1) is 0 Å². The van der Waals surface area contributed by atoms with Crippen molar-refractivity contribution in [2.24, 2.45) is 0 Å². The number of carbonyl (C=O) groups excluding carboxylic acids is 2. The van der Waals surface area contributed by atoms with Crippen LogP contribution >= 0.6 is 0 Å². The normalized spacial score (nSPS) is 19.4. The molecule has 6 rings (SSSR count). The third kappa shape index (κ3) is 7.28. The zero-order valence-corrected chi connectivity index (χ0v) is 25.7. The molecule has 0 radical (unpaired) electrons. The van der Waals surface area contributed by atoms with Crippen LogP contribution in [0.5, 0.6) is 17.2 Å². The van der Waals surface area contributed by atoms with Gasteiger partial charge in [0.1, 0.15) is 5.75 Å². The molecular formula is C34H39N5O6. The van der Waals surface area contributed by atoms with Gasteiger partial charge in [-0.2, -0.15) is 5.10 Å². The predicted molar refractivity (Wildman–Crippen MR) is 168 cm³/mol. The van der Waals surface area contributed by atoms with Crippen molar-refractivity contribution < 1.29 is 28.5 Å². The number of ether oxygens (including phenoxy) is 4. The van der Waals surface area contributed by atoms with Crippen molar-refractivity contribution in [3.63, 3.8) is 0 Å². The number of amides is 2. The summed E-state index contributed by atoms with van der Waals surface area (Å²) in [5.74, 6) is 1.59. The fourth-order valence-electron chi connectivity index (χ4n) is 6.02. The molecule has 2 amide bonds. The molecule has 3 aromatic carbocycles. The van der Waals surface area contributed by atoms with Crippen LogP contribution in [0.25, 0.3) is 10.9 Å². The second kappa shape index (κ2) is 14.1. The Morgan fingerprint density at radius 3 is 2.80 bits per heavy atom. The van der Waals surface area contributed by atoms with Crippen LogP contribution in [0.1, 0.15) is 34.5 Å². The highest BCUT2D eigenvalue weighted by molar-refractivity contribution is 6.04. The van der Waals surface area contributed by atoms with E-state index in [1.807, 2.05) is 66.7 Å². The molecule has 11 nitrogen and oxygen atoms in total. The minimum Gasteiger partial charge on any atom is -0.493 e. The molecule has 0 saturated carbocycles. The summed E-state index contributed by atoms with van der Waals surface area (Å²) < 4.78 is 23.6. The number of likely N-dealkylation sites (tertiary alicyclic amines) is 1. The second-order valence-corrected chi connectivity index (χ2v) is 11.5. The van der Waals surface area contributed by atoms with Gasteiger partial charge in [-0.05, 0) is 54.3 Å². The van der Waals surface area contributed by atoms with Gasteiger partial charge in [-0.25, -0.2) is 0 Å². The second-order valence-electron chi connectivity index (χ2n) is 11.5. The Morgan fingerprint density at radius 2 is 1.93 bits per heavy atom. The van der Waals surface area contributed by atoms with Gasteiger partial charge in [-0.15, -0.1) is 0 Å². The molecule has 2 N–H and O–H groups in total. The highest BCUT2D eigenvalue weighted by Crippen LogP contribution is 2.33. The molecule has 3 heterocycles. The van der Waals surface area contributed by atoms with Crippen molar-refractivity contribution in [2.75, 3.05) is 47.0 Å². The number of hydrogen-bond acceptors (Lipinski definition) is 8. The number of H-pyrrole nitrogens is 1. The van der Waals surface area contributed by atoms with E-state index < -0.39 is 6.04 Å². The molecule has 1 saturated heterocycles. The number of rotatable bonds is 6. The van der Waals surface area contributed by atoms with Crippen molar-refractivity contribution >= 4 is 22.7 Å². The number of aromatic amines is 1. The minimum atomic E-state index is -0.402. The van der Waals surface area contributed by atoms with E-state index in [-0.39, 0.29) is 24.5 Å². The van der Waals surface area contributed by atoms with Gasteiger partial charge in [0, 0.05) is 45.3 Å². The molecule has 0 aliphatic carbocycles. The number of carbonyl (C=O) groups is 2. The van der Waals surface area contributed by atoms with Crippen molar-refractivity contribution in [3.8, 4) is 17.2 Å². The van der Waals surface area contributed by atoms with E-state index in [0.717, 1.165) is 28.5 Å². The highest BCUT2D eigenvalue weighted by atomic mass is 16.5. The average Bonchev–Trinajstić information content (AvgIpc) is 3.48. The topological polar surface area (TPSA) is 118 Å². The summed E-state index contributed by atoms with van der Waals surface area (Å²) in [6.07, 6.45) is 1.04. The van der Waals surface area contributed by atoms with Gasteiger partial charge in [-0.1, -0.05) is 36.4 Å². The first kappa shape index (κ1) is 30.6. The lowest BCUT2D eigenvalue weighted by Crippen LogP contribution is -2.58. The van der Waals surface area contributed by atoms with Crippen molar-refractivity contribution in [2.45, 2.75) is 38.1 Å².